The van der Waals surface area contributed by atoms with Crippen LogP contribution in [0.15, 0.2) is 53.6 Å². The minimum absolute atomic E-state index is 0.143. The lowest BCUT2D eigenvalue weighted by Crippen LogP contribution is -2.14. The number of thioether (sulfide) groups is 1. The Morgan fingerprint density at radius 3 is 2.39 bits per heavy atom. The molecule has 0 saturated heterocycles. The van der Waals surface area contributed by atoms with Crippen LogP contribution in [-0.2, 0) is 11.3 Å². The Kier molecular flexibility index (Phi) is 5.36. The van der Waals surface area contributed by atoms with E-state index in [0.717, 1.165) is 17.1 Å². The van der Waals surface area contributed by atoms with Crippen LogP contribution < -0.4 is 29.6 Å². The molecule has 158 valence electrons. The molecule has 2 aromatic carbocycles. The molecule has 0 atom stereocenters. The molecule has 0 bridgehead atoms. The number of hydrogen-bond donors (Lipinski definition) is 2. The number of nitrogens with one attached hydrogen (secondary N) is 2. The van der Waals surface area contributed by atoms with Crippen molar-refractivity contribution in [2.45, 2.75) is 11.6 Å². The van der Waals surface area contributed by atoms with Gasteiger partial charge in [0, 0.05) is 18.3 Å². The predicted molar refractivity (Wildman–Crippen MR) is 114 cm³/mol. The Morgan fingerprint density at radius 1 is 0.871 bits per heavy atom. The van der Waals surface area contributed by atoms with E-state index < -0.39 is 0 Å². The molecule has 9 nitrogen and oxygen atoms in total. The van der Waals surface area contributed by atoms with Crippen LogP contribution >= 0.6 is 11.8 Å². The molecule has 0 spiro atoms. The Labute approximate surface area is 182 Å². The van der Waals surface area contributed by atoms with E-state index in [2.05, 4.69) is 20.8 Å². The topological polar surface area (TPSA) is 104 Å². The van der Waals surface area contributed by atoms with E-state index >= 15 is 0 Å². The summed E-state index contributed by atoms with van der Waals surface area (Å²) >= 11 is 1.31. The maximum atomic E-state index is 12.2. The first-order valence-electron chi connectivity index (χ1n) is 9.51. The molecule has 2 N–H and O–H groups in total. The van der Waals surface area contributed by atoms with Crippen molar-refractivity contribution in [3.05, 3.63) is 54.1 Å². The first-order valence-corrected chi connectivity index (χ1v) is 10.5. The Hall–Kier alpha value is -3.66. The van der Waals surface area contributed by atoms with Crippen LogP contribution in [0.1, 0.15) is 5.56 Å². The highest BCUT2D eigenvalue weighted by Gasteiger charge is 2.15. The molecule has 0 radical (unpaired) electrons. The average molecular weight is 438 g/mol. The highest BCUT2D eigenvalue weighted by atomic mass is 32.2. The summed E-state index contributed by atoms with van der Waals surface area (Å²) in [6, 6.07) is 14.7. The van der Waals surface area contributed by atoms with E-state index in [4.69, 9.17) is 18.9 Å². The summed E-state index contributed by atoms with van der Waals surface area (Å²) in [7, 11) is 0. The number of carbonyl (C=O) groups excluding carboxylic acids is 1. The van der Waals surface area contributed by atoms with Gasteiger partial charge in [0.05, 0.1) is 5.75 Å². The van der Waals surface area contributed by atoms with E-state index in [-0.39, 0.29) is 25.2 Å². The summed E-state index contributed by atoms with van der Waals surface area (Å²) in [5.41, 5.74) is 1.70. The standard InChI is InChI=1S/C21H18N4O5S/c26-20(23-14-2-4-16-18(8-14)30-12-28-16)10-31-21-6-5-19(24-25-21)22-9-13-1-3-15-17(7-13)29-11-27-15/h1-8H,9-12H2,(H,22,24)(H,23,26). The molecule has 0 unspecified atom stereocenters. The van der Waals surface area contributed by atoms with Gasteiger partial charge in [0.25, 0.3) is 0 Å². The van der Waals surface area contributed by atoms with E-state index in [1.165, 1.54) is 11.8 Å². The number of ether oxygens (including phenoxy) is 4. The smallest absolute Gasteiger partial charge is 0.234 e. The normalized spacial score (nSPS) is 13.2. The van der Waals surface area contributed by atoms with Crippen molar-refractivity contribution >= 4 is 29.2 Å². The van der Waals surface area contributed by atoms with Crippen molar-refractivity contribution in [3.63, 3.8) is 0 Å². The molecule has 10 heteroatoms. The van der Waals surface area contributed by atoms with Gasteiger partial charge < -0.3 is 29.6 Å². The van der Waals surface area contributed by atoms with Crippen molar-refractivity contribution < 1.29 is 23.7 Å². The van der Waals surface area contributed by atoms with Gasteiger partial charge in [0.2, 0.25) is 19.5 Å². The largest absolute Gasteiger partial charge is 0.454 e. The summed E-state index contributed by atoms with van der Waals surface area (Å²) in [5.74, 6) is 3.52. The molecule has 5 rings (SSSR count). The van der Waals surface area contributed by atoms with Crippen molar-refractivity contribution in [2.24, 2.45) is 0 Å². The molecular weight excluding hydrogens is 420 g/mol. The van der Waals surface area contributed by atoms with E-state index in [1.807, 2.05) is 30.3 Å². The maximum absolute atomic E-state index is 12.2. The zero-order valence-corrected chi connectivity index (χ0v) is 17.1. The Balaban J connectivity index is 1.09. The molecule has 0 aliphatic carbocycles. The zero-order chi connectivity index (χ0) is 21.0. The van der Waals surface area contributed by atoms with E-state index in [0.29, 0.717) is 34.6 Å². The van der Waals surface area contributed by atoms with Crippen LogP contribution in [0.2, 0.25) is 0 Å². The van der Waals surface area contributed by atoms with Gasteiger partial charge in [-0.15, -0.1) is 10.2 Å². The molecule has 3 heterocycles. The minimum Gasteiger partial charge on any atom is -0.454 e. The summed E-state index contributed by atoms with van der Waals surface area (Å²) in [6.07, 6.45) is 0. The molecule has 3 aromatic rings. The monoisotopic (exact) mass is 438 g/mol. The van der Waals surface area contributed by atoms with Gasteiger partial charge in [-0.25, -0.2) is 0 Å². The van der Waals surface area contributed by atoms with Crippen LogP contribution in [0.25, 0.3) is 0 Å². The summed E-state index contributed by atoms with van der Waals surface area (Å²) in [4.78, 5) is 12.2. The number of rotatable bonds is 7. The van der Waals surface area contributed by atoms with Crippen molar-refractivity contribution in [1.29, 1.82) is 0 Å². The molecule has 0 saturated carbocycles. The number of fused-ring (bicyclic) bond motifs is 2. The van der Waals surface area contributed by atoms with Gasteiger partial charge >= 0.3 is 0 Å². The predicted octanol–water partition coefficient (Wildman–Crippen LogP) is 3.28. The van der Waals surface area contributed by atoms with Crippen LogP contribution in [0.5, 0.6) is 23.0 Å². The molecule has 31 heavy (non-hydrogen) atoms. The van der Waals surface area contributed by atoms with Crippen LogP contribution in [0.4, 0.5) is 11.5 Å². The lowest BCUT2D eigenvalue weighted by molar-refractivity contribution is -0.113. The molecule has 0 fully saturated rings. The summed E-state index contributed by atoms with van der Waals surface area (Å²) in [5, 5.41) is 15.0. The summed E-state index contributed by atoms with van der Waals surface area (Å²) < 4.78 is 21.3. The first-order chi connectivity index (χ1) is 15.2. The fraction of sp³-hybridized carbons (Fsp3) is 0.190. The van der Waals surface area contributed by atoms with E-state index in [1.54, 1.807) is 18.2 Å². The SMILES string of the molecule is O=C(CSc1ccc(NCc2ccc3c(c2)OCO3)nn1)Nc1ccc2c(c1)OCO2. The summed E-state index contributed by atoms with van der Waals surface area (Å²) in [6.45, 7) is 1.03. The second kappa shape index (κ2) is 8.60. The lowest BCUT2D eigenvalue weighted by Gasteiger charge is -2.07. The van der Waals surface area contributed by atoms with Crippen molar-refractivity contribution in [3.8, 4) is 23.0 Å². The van der Waals surface area contributed by atoms with Gasteiger partial charge in [-0.2, -0.15) is 0 Å². The Bertz CT molecular complexity index is 1110. The third-order valence-corrected chi connectivity index (χ3v) is 5.48. The third kappa shape index (κ3) is 4.58. The fourth-order valence-corrected chi connectivity index (χ4v) is 3.66. The molecule has 1 amide bonds. The molecule has 2 aliphatic rings. The lowest BCUT2D eigenvalue weighted by atomic mass is 10.2. The number of amides is 1. The number of nitrogens with zero attached hydrogens (tertiary/aromatic N) is 2. The van der Waals surface area contributed by atoms with Gasteiger partial charge in [-0.1, -0.05) is 17.8 Å². The number of carbonyl (C=O) groups is 1. The van der Waals surface area contributed by atoms with Crippen LogP contribution in [-0.4, -0.2) is 35.4 Å². The zero-order valence-electron chi connectivity index (χ0n) is 16.3. The highest BCUT2D eigenvalue weighted by Crippen LogP contribution is 2.34. The van der Waals surface area contributed by atoms with Crippen LogP contribution in [0.3, 0.4) is 0 Å². The third-order valence-electron chi connectivity index (χ3n) is 4.56. The first kappa shape index (κ1) is 19.3. The van der Waals surface area contributed by atoms with Crippen molar-refractivity contribution in [1.82, 2.24) is 10.2 Å². The number of anilines is 2. The molecule has 1 aromatic heterocycles. The maximum Gasteiger partial charge on any atom is 0.234 e. The number of aromatic nitrogens is 2. The minimum atomic E-state index is -0.143. The Morgan fingerprint density at radius 2 is 1.61 bits per heavy atom. The van der Waals surface area contributed by atoms with Crippen LogP contribution in [0, 0.1) is 0 Å². The second-order valence-corrected chi connectivity index (χ2v) is 7.70. The second-order valence-electron chi connectivity index (χ2n) is 6.70. The quantitative estimate of drug-likeness (QED) is 0.538. The van der Waals surface area contributed by atoms with Gasteiger partial charge in [0.15, 0.2) is 23.0 Å². The molecular formula is C21H18N4O5S. The van der Waals surface area contributed by atoms with E-state index in [9.17, 15) is 4.79 Å². The average Bonchev–Trinajstić information content (AvgIpc) is 3.45. The molecule has 2 aliphatic heterocycles. The number of benzene rings is 2. The van der Waals surface area contributed by atoms with Crippen molar-refractivity contribution in [2.75, 3.05) is 30.0 Å². The number of hydrogen-bond acceptors (Lipinski definition) is 9. The fourth-order valence-electron chi connectivity index (χ4n) is 3.05. The van der Waals surface area contributed by atoms with Gasteiger partial charge in [-0.3, -0.25) is 4.79 Å². The highest BCUT2D eigenvalue weighted by molar-refractivity contribution is 7.99. The van der Waals surface area contributed by atoms with Gasteiger partial charge in [0.1, 0.15) is 10.8 Å². The van der Waals surface area contributed by atoms with Gasteiger partial charge in [-0.05, 0) is 42.0 Å².